The van der Waals surface area contributed by atoms with Crippen molar-refractivity contribution in [3.63, 3.8) is 0 Å². The highest BCUT2D eigenvalue weighted by Gasteiger charge is 2.29. The molecule has 6 heteroatoms. The fourth-order valence-electron chi connectivity index (χ4n) is 2.06. The normalized spacial score (nSPS) is 14.7. The van der Waals surface area contributed by atoms with Crippen molar-refractivity contribution in [3.05, 3.63) is 52.0 Å². The highest BCUT2D eigenvalue weighted by atomic mass is 32.1. The molecule has 0 saturated carbocycles. The average Bonchev–Trinajstić information content (AvgIpc) is 3.02. The standard InChI is InChI=1S/C14H13N3O2S/c18-13-7-15-14(19)17(13)8-12-16-11(9-20-12)6-10-4-2-1-3-5-10/h1-5,9H,6-8H2,(H,15,19). The number of hydrogen-bond acceptors (Lipinski definition) is 4. The highest BCUT2D eigenvalue weighted by Crippen LogP contribution is 2.16. The van der Waals surface area contributed by atoms with Gasteiger partial charge < -0.3 is 5.32 Å². The number of rotatable bonds is 4. The zero-order chi connectivity index (χ0) is 13.9. The summed E-state index contributed by atoms with van der Waals surface area (Å²) in [4.78, 5) is 28.6. The number of hydrogen-bond donors (Lipinski definition) is 1. The molecule has 3 rings (SSSR count). The van der Waals surface area contributed by atoms with Crippen molar-refractivity contribution in [2.45, 2.75) is 13.0 Å². The van der Waals surface area contributed by atoms with Crippen LogP contribution in [0.2, 0.25) is 0 Å². The van der Waals surface area contributed by atoms with Crippen LogP contribution in [0.3, 0.4) is 0 Å². The van der Waals surface area contributed by atoms with E-state index in [1.165, 1.54) is 21.8 Å². The number of urea groups is 1. The van der Waals surface area contributed by atoms with Crippen molar-refractivity contribution in [3.8, 4) is 0 Å². The first-order chi connectivity index (χ1) is 9.72. The van der Waals surface area contributed by atoms with Crippen molar-refractivity contribution >= 4 is 23.3 Å². The summed E-state index contributed by atoms with van der Waals surface area (Å²) >= 11 is 1.47. The molecule has 102 valence electrons. The summed E-state index contributed by atoms with van der Waals surface area (Å²) < 4.78 is 0. The molecule has 0 unspecified atom stereocenters. The van der Waals surface area contributed by atoms with E-state index >= 15 is 0 Å². The minimum atomic E-state index is -0.338. The minimum absolute atomic E-state index is 0.0844. The van der Waals surface area contributed by atoms with Crippen LogP contribution in [0.4, 0.5) is 4.79 Å². The summed E-state index contributed by atoms with van der Waals surface area (Å²) in [6.45, 7) is 0.338. The second kappa shape index (κ2) is 5.42. The van der Waals surface area contributed by atoms with Gasteiger partial charge in [0.15, 0.2) is 0 Å². The lowest BCUT2D eigenvalue weighted by Gasteiger charge is -2.09. The van der Waals surface area contributed by atoms with Crippen LogP contribution in [0.1, 0.15) is 16.3 Å². The van der Waals surface area contributed by atoms with Crippen LogP contribution in [-0.4, -0.2) is 28.4 Å². The molecular weight excluding hydrogens is 274 g/mol. The zero-order valence-corrected chi connectivity index (χ0v) is 11.5. The van der Waals surface area contributed by atoms with Gasteiger partial charge in [-0.3, -0.25) is 9.69 Å². The zero-order valence-electron chi connectivity index (χ0n) is 10.7. The van der Waals surface area contributed by atoms with Crippen LogP contribution in [0.15, 0.2) is 35.7 Å². The molecule has 1 saturated heterocycles. The predicted molar refractivity (Wildman–Crippen MR) is 75.3 cm³/mol. The molecule has 0 aliphatic carbocycles. The second-order valence-corrected chi connectivity index (χ2v) is 5.48. The summed E-state index contributed by atoms with van der Waals surface area (Å²) in [6.07, 6.45) is 0.761. The molecule has 1 aromatic carbocycles. The first-order valence-corrected chi connectivity index (χ1v) is 7.16. The van der Waals surface area contributed by atoms with Gasteiger partial charge in [0, 0.05) is 11.8 Å². The van der Waals surface area contributed by atoms with Crippen LogP contribution in [-0.2, 0) is 17.8 Å². The Morgan fingerprint density at radius 3 is 2.75 bits per heavy atom. The van der Waals surface area contributed by atoms with Crippen molar-refractivity contribution in [1.29, 1.82) is 0 Å². The van der Waals surface area contributed by atoms with Crippen LogP contribution >= 0.6 is 11.3 Å². The Morgan fingerprint density at radius 1 is 1.25 bits per heavy atom. The molecule has 0 atom stereocenters. The Kier molecular flexibility index (Phi) is 3.47. The summed E-state index contributed by atoms with van der Waals surface area (Å²) in [7, 11) is 0. The second-order valence-electron chi connectivity index (χ2n) is 4.53. The first-order valence-electron chi connectivity index (χ1n) is 6.28. The van der Waals surface area contributed by atoms with E-state index in [-0.39, 0.29) is 25.0 Å². The molecule has 1 aliphatic heterocycles. The predicted octanol–water partition coefficient (Wildman–Crippen LogP) is 1.79. The van der Waals surface area contributed by atoms with E-state index in [0.29, 0.717) is 0 Å². The van der Waals surface area contributed by atoms with Crippen molar-refractivity contribution < 1.29 is 9.59 Å². The van der Waals surface area contributed by atoms with E-state index < -0.39 is 0 Å². The van der Waals surface area contributed by atoms with Crippen molar-refractivity contribution in [1.82, 2.24) is 15.2 Å². The van der Waals surface area contributed by atoms with Crippen LogP contribution < -0.4 is 5.32 Å². The number of nitrogens with one attached hydrogen (secondary N) is 1. The van der Waals surface area contributed by atoms with Gasteiger partial charge in [-0.05, 0) is 5.56 Å². The number of carbonyl (C=O) groups is 2. The fourth-order valence-corrected chi connectivity index (χ4v) is 2.84. The van der Waals surface area contributed by atoms with Gasteiger partial charge in [-0.2, -0.15) is 0 Å². The lowest BCUT2D eigenvalue weighted by atomic mass is 10.1. The molecule has 0 spiro atoms. The number of thiazole rings is 1. The van der Waals surface area contributed by atoms with Gasteiger partial charge in [0.1, 0.15) is 5.01 Å². The topological polar surface area (TPSA) is 62.3 Å². The molecular formula is C14H13N3O2S. The fraction of sp³-hybridized carbons (Fsp3) is 0.214. The van der Waals surface area contributed by atoms with Crippen molar-refractivity contribution in [2.75, 3.05) is 6.54 Å². The third-order valence-corrected chi connectivity index (χ3v) is 3.94. The molecule has 0 radical (unpaired) electrons. The third kappa shape index (κ3) is 2.70. The molecule has 20 heavy (non-hydrogen) atoms. The molecule has 5 nitrogen and oxygen atoms in total. The van der Waals surface area contributed by atoms with Crippen LogP contribution in [0.5, 0.6) is 0 Å². The summed E-state index contributed by atoms with van der Waals surface area (Å²) in [5, 5.41) is 5.25. The number of benzene rings is 1. The summed E-state index contributed by atoms with van der Waals surface area (Å²) in [5.74, 6) is -0.199. The van der Waals surface area contributed by atoms with Crippen LogP contribution in [0.25, 0.3) is 0 Å². The number of carbonyl (C=O) groups excluding carboxylic acids is 2. The maximum absolute atomic E-state index is 11.5. The number of amides is 3. The molecule has 1 aliphatic rings. The Hall–Kier alpha value is -2.21. The van der Waals surface area contributed by atoms with E-state index in [1.807, 2.05) is 23.6 Å². The quantitative estimate of drug-likeness (QED) is 0.872. The summed E-state index contributed by atoms with van der Waals surface area (Å²) in [5.41, 5.74) is 2.16. The molecule has 1 fully saturated rings. The third-order valence-electron chi connectivity index (χ3n) is 3.06. The monoisotopic (exact) mass is 287 g/mol. The maximum atomic E-state index is 11.5. The lowest BCUT2D eigenvalue weighted by Crippen LogP contribution is -2.30. The molecule has 1 aromatic heterocycles. The lowest BCUT2D eigenvalue weighted by molar-refractivity contribution is -0.125. The maximum Gasteiger partial charge on any atom is 0.324 e. The van der Waals surface area contributed by atoms with Gasteiger partial charge in [-0.15, -0.1) is 11.3 Å². The largest absolute Gasteiger partial charge is 0.329 e. The molecule has 3 amide bonds. The van der Waals surface area contributed by atoms with Crippen molar-refractivity contribution in [2.24, 2.45) is 0 Å². The van der Waals surface area contributed by atoms with Gasteiger partial charge >= 0.3 is 6.03 Å². The number of imide groups is 1. The van der Waals surface area contributed by atoms with Gasteiger partial charge in [-0.25, -0.2) is 9.78 Å². The summed E-state index contributed by atoms with van der Waals surface area (Å²) in [6, 6.07) is 9.74. The van der Waals surface area contributed by atoms with Gasteiger partial charge in [0.2, 0.25) is 5.91 Å². The molecule has 1 N–H and O–H groups in total. The van der Waals surface area contributed by atoms with E-state index in [9.17, 15) is 9.59 Å². The van der Waals surface area contributed by atoms with Crippen LogP contribution in [0, 0.1) is 0 Å². The van der Waals surface area contributed by atoms with Gasteiger partial charge in [0.25, 0.3) is 0 Å². The number of aromatic nitrogens is 1. The Labute approximate surface area is 120 Å². The highest BCUT2D eigenvalue weighted by molar-refractivity contribution is 7.09. The Bertz CT molecular complexity index is 623. The van der Waals surface area contributed by atoms with E-state index in [4.69, 9.17) is 0 Å². The van der Waals surface area contributed by atoms with Gasteiger partial charge in [-0.1, -0.05) is 30.3 Å². The average molecular weight is 287 g/mol. The molecule has 2 aromatic rings. The Morgan fingerprint density at radius 2 is 2.05 bits per heavy atom. The smallest absolute Gasteiger partial charge is 0.324 e. The molecule has 0 bridgehead atoms. The van der Waals surface area contributed by atoms with E-state index in [0.717, 1.165) is 17.1 Å². The van der Waals surface area contributed by atoms with E-state index in [1.54, 1.807) is 0 Å². The Balaban J connectivity index is 1.68. The first kappa shape index (κ1) is 12.8. The number of nitrogens with zero attached hydrogens (tertiary/aromatic N) is 2. The minimum Gasteiger partial charge on any atom is -0.329 e. The molecule has 2 heterocycles. The SMILES string of the molecule is O=C1CNC(=O)N1Cc1nc(Cc2ccccc2)cs1. The van der Waals surface area contributed by atoms with E-state index in [2.05, 4.69) is 22.4 Å². The van der Waals surface area contributed by atoms with Gasteiger partial charge in [0.05, 0.1) is 18.8 Å².